The van der Waals surface area contributed by atoms with Crippen LogP contribution in [0.25, 0.3) is 0 Å². The van der Waals surface area contributed by atoms with E-state index in [4.69, 9.17) is 4.42 Å². The molecule has 3 rings (SSSR count). The number of alkyl halides is 3. The van der Waals surface area contributed by atoms with Gasteiger partial charge < -0.3 is 14.4 Å². The highest BCUT2D eigenvalue weighted by atomic mass is 19.4. The van der Waals surface area contributed by atoms with Gasteiger partial charge in [-0.05, 0) is 30.2 Å². The first-order valence-electron chi connectivity index (χ1n) is 7.06. The third-order valence-corrected chi connectivity index (χ3v) is 3.90. The summed E-state index contributed by atoms with van der Waals surface area (Å²) >= 11 is 0. The number of β-amino-alcohol motifs (C(OH)–C–C–N with tert-alkyl or cyclic N) is 1. The van der Waals surface area contributed by atoms with Gasteiger partial charge in [-0.3, -0.25) is 4.79 Å². The first-order valence-corrected chi connectivity index (χ1v) is 7.06. The van der Waals surface area contributed by atoms with Crippen LogP contribution in [0.15, 0.2) is 47.1 Å². The lowest BCUT2D eigenvalue weighted by Crippen LogP contribution is -2.32. The SMILES string of the molecule is O=C(c1ccco1)N1C[C@@H](O)C[C@@H]1c1ccccc1C(F)(F)F. The number of rotatable bonds is 2. The predicted octanol–water partition coefficient (Wildman–Crippen LogP) is 3.25. The summed E-state index contributed by atoms with van der Waals surface area (Å²) in [5, 5.41) is 9.87. The molecule has 1 saturated heterocycles. The summed E-state index contributed by atoms with van der Waals surface area (Å²) in [4.78, 5) is 13.7. The average Bonchev–Trinajstić information content (AvgIpc) is 3.15. The Morgan fingerprint density at radius 1 is 1.22 bits per heavy atom. The number of amides is 1. The van der Waals surface area contributed by atoms with Crippen LogP contribution >= 0.6 is 0 Å². The first kappa shape index (κ1) is 15.6. The van der Waals surface area contributed by atoms with Gasteiger partial charge in [0.2, 0.25) is 0 Å². The third kappa shape index (κ3) is 2.96. The van der Waals surface area contributed by atoms with Gasteiger partial charge in [0.15, 0.2) is 5.76 Å². The fourth-order valence-electron chi connectivity index (χ4n) is 2.92. The van der Waals surface area contributed by atoms with E-state index in [9.17, 15) is 23.1 Å². The van der Waals surface area contributed by atoms with E-state index in [-0.39, 0.29) is 24.3 Å². The molecule has 1 aliphatic heterocycles. The minimum absolute atomic E-state index is 0.0172. The number of likely N-dealkylation sites (tertiary alicyclic amines) is 1. The number of aliphatic hydroxyl groups is 1. The Bertz CT molecular complexity index is 697. The second-order valence-corrected chi connectivity index (χ2v) is 5.43. The van der Waals surface area contributed by atoms with E-state index in [1.807, 2.05) is 0 Å². The van der Waals surface area contributed by atoms with Crippen molar-refractivity contribution in [2.75, 3.05) is 6.54 Å². The smallest absolute Gasteiger partial charge is 0.416 e. The summed E-state index contributed by atoms with van der Waals surface area (Å²) < 4.78 is 44.7. The van der Waals surface area contributed by atoms with Crippen LogP contribution in [0.4, 0.5) is 13.2 Å². The van der Waals surface area contributed by atoms with Crippen molar-refractivity contribution in [3.8, 4) is 0 Å². The molecule has 23 heavy (non-hydrogen) atoms. The van der Waals surface area contributed by atoms with E-state index in [1.165, 1.54) is 41.5 Å². The maximum absolute atomic E-state index is 13.2. The molecule has 2 aromatic rings. The minimum Gasteiger partial charge on any atom is -0.459 e. The van der Waals surface area contributed by atoms with Crippen molar-refractivity contribution in [3.05, 3.63) is 59.5 Å². The molecule has 1 aromatic heterocycles. The zero-order valence-corrected chi connectivity index (χ0v) is 12.0. The van der Waals surface area contributed by atoms with Crippen molar-refractivity contribution in [3.63, 3.8) is 0 Å². The van der Waals surface area contributed by atoms with Gasteiger partial charge in [-0.1, -0.05) is 18.2 Å². The molecule has 4 nitrogen and oxygen atoms in total. The van der Waals surface area contributed by atoms with E-state index in [0.717, 1.165) is 6.07 Å². The summed E-state index contributed by atoms with van der Waals surface area (Å²) in [5.74, 6) is -0.498. The zero-order chi connectivity index (χ0) is 16.6. The van der Waals surface area contributed by atoms with Crippen molar-refractivity contribution in [2.24, 2.45) is 0 Å². The van der Waals surface area contributed by atoms with E-state index < -0.39 is 29.8 Å². The van der Waals surface area contributed by atoms with Gasteiger partial charge >= 0.3 is 6.18 Å². The van der Waals surface area contributed by atoms with Crippen LogP contribution in [-0.2, 0) is 6.18 Å². The second-order valence-electron chi connectivity index (χ2n) is 5.43. The number of halogens is 3. The molecule has 122 valence electrons. The van der Waals surface area contributed by atoms with E-state index >= 15 is 0 Å². The van der Waals surface area contributed by atoms with Crippen molar-refractivity contribution < 1.29 is 27.5 Å². The normalized spacial score (nSPS) is 21.7. The molecule has 0 radical (unpaired) electrons. The fraction of sp³-hybridized carbons (Fsp3) is 0.312. The lowest BCUT2D eigenvalue weighted by molar-refractivity contribution is -0.138. The van der Waals surface area contributed by atoms with E-state index in [1.54, 1.807) is 0 Å². The molecule has 7 heteroatoms. The molecule has 0 unspecified atom stereocenters. The van der Waals surface area contributed by atoms with Crippen molar-refractivity contribution >= 4 is 5.91 Å². The topological polar surface area (TPSA) is 53.7 Å². The van der Waals surface area contributed by atoms with Crippen LogP contribution in [-0.4, -0.2) is 28.6 Å². The molecule has 1 N–H and O–H groups in total. The number of carbonyl (C=O) groups excluding carboxylic acids is 1. The second kappa shape index (κ2) is 5.73. The molecule has 0 aliphatic carbocycles. The van der Waals surface area contributed by atoms with Crippen LogP contribution < -0.4 is 0 Å². The molecule has 1 fully saturated rings. The zero-order valence-electron chi connectivity index (χ0n) is 12.0. The number of nitrogens with zero attached hydrogens (tertiary/aromatic N) is 1. The predicted molar refractivity (Wildman–Crippen MR) is 74.6 cm³/mol. The monoisotopic (exact) mass is 325 g/mol. The Labute approximate surface area is 130 Å². The molecule has 1 aliphatic rings. The van der Waals surface area contributed by atoms with Crippen LogP contribution in [0.1, 0.15) is 34.1 Å². The molecular weight excluding hydrogens is 311 g/mol. The summed E-state index contributed by atoms with van der Waals surface area (Å²) in [6.07, 6.45) is -4.03. The first-order chi connectivity index (χ1) is 10.9. The van der Waals surface area contributed by atoms with Gasteiger partial charge in [-0.2, -0.15) is 13.2 Å². The maximum atomic E-state index is 13.2. The maximum Gasteiger partial charge on any atom is 0.416 e. The molecule has 0 saturated carbocycles. The number of hydrogen-bond donors (Lipinski definition) is 1. The Hall–Kier alpha value is -2.28. The van der Waals surface area contributed by atoms with Gasteiger partial charge in [-0.15, -0.1) is 0 Å². The summed E-state index contributed by atoms with van der Waals surface area (Å²) in [7, 11) is 0. The number of hydrogen-bond acceptors (Lipinski definition) is 3. The van der Waals surface area contributed by atoms with Gasteiger partial charge in [0, 0.05) is 6.54 Å². The highest BCUT2D eigenvalue weighted by Crippen LogP contribution is 2.40. The summed E-state index contributed by atoms with van der Waals surface area (Å²) in [6.45, 7) is -0.0314. The number of carbonyl (C=O) groups is 1. The van der Waals surface area contributed by atoms with E-state index in [0.29, 0.717) is 0 Å². The molecular formula is C16H14F3NO3. The van der Waals surface area contributed by atoms with Crippen LogP contribution in [0, 0.1) is 0 Å². The lowest BCUT2D eigenvalue weighted by atomic mass is 9.97. The average molecular weight is 325 g/mol. The molecule has 1 amide bonds. The van der Waals surface area contributed by atoms with Crippen molar-refractivity contribution in [1.82, 2.24) is 4.90 Å². The Morgan fingerprint density at radius 2 is 1.96 bits per heavy atom. The van der Waals surface area contributed by atoms with Crippen molar-refractivity contribution in [2.45, 2.75) is 24.7 Å². The van der Waals surface area contributed by atoms with Gasteiger partial charge in [0.25, 0.3) is 5.91 Å². The quantitative estimate of drug-likeness (QED) is 0.922. The van der Waals surface area contributed by atoms with E-state index in [2.05, 4.69) is 0 Å². The molecule has 0 spiro atoms. The Morgan fingerprint density at radius 3 is 2.61 bits per heavy atom. The number of aliphatic hydroxyl groups excluding tert-OH is 1. The largest absolute Gasteiger partial charge is 0.459 e. The Balaban J connectivity index is 2.00. The Kier molecular flexibility index (Phi) is 3.89. The van der Waals surface area contributed by atoms with Crippen LogP contribution in [0.5, 0.6) is 0 Å². The summed E-state index contributed by atoms with van der Waals surface area (Å²) in [5.41, 5.74) is -0.812. The highest BCUT2D eigenvalue weighted by molar-refractivity contribution is 5.92. The van der Waals surface area contributed by atoms with Gasteiger partial charge in [0.1, 0.15) is 0 Å². The fourth-order valence-corrected chi connectivity index (χ4v) is 2.92. The molecule has 2 heterocycles. The molecule has 2 atom stereocenters. The van der Waals surface area contributed by atoms with Crippen LogP contribution in [0.2, 0.25) is 0 Å². The molecule has 0 bridgehead atoms. The van der Waals surface area contributed by atoms with Gasteiger partial charge in [0.05, 0.1) is 24.0 Å². The third-order valence-electron chi connectivity index (χ3n) is 3.90. The standard InChI is InChI=1S/C16H14F3NO3/c17-16(18,19)12-5-2-1-4-11(12)13-8-10(21)9-20(13)15(22)14-6-3-7-23-14/h1-7,10,13,21H,8-9H2/t10-,13+/m0/s1. The van der Waals surface area contributed by atoms with Gasteiger partial charge in [-0.25, -0.2) is 0 Å². The number of benzene rings is 1. The minimum atomic E-state index is -4.52. The highest BCUT2D eigenvalue weighted by Gasteiger charge is 2.42. The van der Waals surface area contributed by atoms with Crippen molar-refractivity contribution in [1.29, 1.82) is 0 Å². The molecule has 1 aromatic carbocycles. The lowest BCUT2D eigenvalue weighted by Gasteiger charge is -2.26. The summed E-state index contributed by atoms with van der Waals surface area (Å²) in [6, 6.07) is 7.24. The number of furan rings is 1. The van der Waals surface area contributed by atoms with Crippen LogP contribution in [0.3, 0.4) is 0 Å².